The van der Waals surface area contributed by atoms with Crippen LogP contribution in [0, 0.1) is 17.2 Å². The van der Waals surface area contributed by atoms with E-state index in [-0.39, 0.29) is 31.3 Å². The van der Waals surface area contributed by atoms with E-state index in [4.69, 9.17) is 4.74 Å². The summed E-state index contributed by atoms with van der Waals surface area (Å²) in [6.45, 7) is 3.76. The summed E-state index contributed by atoms with van der Waals surface area (Å²) in [6.07, 6.45) is 0.741. The zero-order valence-corrected chi connectivity index (χ0v) is 21.0. The number of pyridine rings is 1. The van der Waals surface area contributed by atoms with Gasteiger partial charge >= 0.3 is 6.18 Å². The third-order valence-corrected chi connectivity index (χ3v) is 8.38. The topological polar surface area (TPSA) is 48.8 Å². The molecule has 3 aliphatic rings. The van der Waals surface area contributed by atoms with Crippen molar-refractivity contribution >= 4 is 0 Å². The molecule has 1 unspecified atom stereocenters. The summed E-state index contributed by atoms with van der Waals surface area (Å²) in [5.41, 5.74) is 0.635. The number of aliphatic hydroxyl groups is 1. The monoisotopic (exact) mass is 521 g/mol. The van der Waals surface area contributed by atoms with E-state index < -0.39 is 11.6 Å². The van der Waals surface area contributed by atoms with E-state index in [0.717, 1.165) is 36.9 Å². The summed E-state index contributed by atoms with van der Waals surface area (Å²) in [7, 11) is 0. The highest BCUT2D eigenvalue weighted by molar-refractivity contribution is 5.63. The van der Waals surface area contributed by atoms with Gasteiger partial charge in [-0.3, -0.25) is 4.90 Å². The lowest BCUT2D eigenvalue weighted by Crippen LogP contribution is -2.53. The number of piperidine rings is 1. The SMILES string of the molecule is OC1CCN(Cc2ccc(-c3ccc(OCC4CCN(CC5(C(F)(F)F)CCC5)CC4)nc3)cc2F)C1. The molecule has 1 saturated carbocycles. The minimum absolute atomic E-state index is 0.121. The molecule has 1 atom stereocenters. The van der Waals surface area contributed by atoms with E-state index in [9.17, 15) is 22.7 Å². The second-order valence-corrected chi connectivity index (χ2v) is 11.0. The van der Waals surface area contributed by atoms with Crippen LogP contribution in [0.25, 0.3) is 11.1 Å². The first-order valence-corrected chi connectivity index (χ1v) is 13.3. The molecule has 5 nitrogen and oxygen atoms in total. The number of nitrogens with zero attached hydrogens (tertiary/aromatic N) is 3. The molecule has 2 aromatic rings. The standard InChI is InChI=1S/C28H35F4N3O2/c29-25-14-21(2-3-23(25)16-35-13-8-24(36)17-35)22-4-5-26(33-15-22)37-18-20-6-11-34(12-7-20)19-27(9-1-10-27)28(30,31)32/h2-5,14-15,20,24,36H,1,6-13,16-19H2. The fourth-order valence-electron chi connectivity index (χ4n) is 5.77. The molecule has 0 spiro atoms. The summed E-state index contributed by atoms with van der Waals surface area (Å²) in [5, 5.41) is 9.67. The van der Waals surface area contributed by atoms with Gasteiger partial charge in [-0.05, 0) is 68.8 Å². The molecule has 1 N–H and O–H groups in total. The summed E-state index contributed by atoms with van der Waals surface area (Å²) >= 11 is 0. The van der Waals surface area contributed by atoms with Crippen molar-refractivity contribution in [1.29, 1.82) is 0 Å². The minimum Gasteiger partial charge on any atom is -0.477 e. The van der Waals surface area contributed by atoms with Crippen LogP contribution >= 0.6 is 0 Å². The first kappa shape index (κ1) is 26.4. The lowest BCUT2D eigenvalue weighted by atomic mass is 9.67. The Labute approximate surface area is 215 Å². The zero-order valence-electron chi connectivity index (χ0n) is 21.0. The van der Waals surface area contributed by atoms with Crippen LogP contribution in [-0.4, -0.2) is 71.5 Å². The van der Waals surface area contributed by atoms with Crippen LogP contribution in [0.4, 0.5) is 17.6 Å². The first-order chi connectivity index (χ1) is 17.7. The largest absolute Gasteiger partial charge is 0.477 e. The van der Waals surface area contributed by atoms with Crippen molar-refractivity contribution in [3.05, 3.63) is 47.9 Å². The van der Waals surface area contributed by atoms with Gasteiger partial charge in [-0.15, -0.1) is 0 Å². The van der Waals surface area contributed by atoms with Gasteiger partial charge in [0.05, 0.1) is 18.1 Å². The van der Waals surface area contributed by atoms with Crippen LogP contribution in [0.3, 0.4) is 0 Å². The third-order valence-electron chi connectivity index (χ3n) is 8.38. The van der Waals surface area contributed by atoms with Gasteiger partial charge in [0.1, 0.15) is 5.82 Å². The zero-order chi connectivity index (χ0) is 26.0. The van der Waals surface area contributed by atoms with E-state index in [1.807, 2.05) is 21.9 Å². The van der Waals surface area contributed by atoms with Gasteiger partial charge in [0, 0.05) is 49.6 Å². The molecule has 1 aromatic heterocycles. The Morgan fingerprint density at radius 2 is 1.73 bits per heavy atom. The van der Waals surface area contributed by atoms with Crippen molar-refractivity contribution in [1.82, 2.24) is 14.8 Å². The van der Waals surface area contributed by atoms with Crippen molar-refractivity contribution < 1.29 is 27.4 Å². The van der Waals surface area contributed by atoms with Gasteiger partial charge in [0.15, 0.2) is 0 Å². The Morgan fingerprint density at radius 3 is 2.30 bits per heavy atom. The number of hydrogen-bond acceptors (Lipinski definition) is 5. The number of halogens is 4. The third kappa shape index (κ3) is 6.10. The maximum absolute atomic E-state index is 14.7. The molecule has 202 valence electrons. The smallest absolute Gasteiger partial charge is 0.395 e. The summed E-state index contributed by atoms with van der Waals surface area (Å²) < 4.78 is 61.0. The molecule has 3 fully saturated rings. The number of β-amino-alcohol motifs (C(OH)–C–C–N with tert-alkyl or cyclic N) is 1. The summed E-state index contributed by atoms with van der Waals surface area (Å²) in [6, 6.07) is 8.80. The molecule has 2 aliphatic heterocycles. The molecule has 1 aliphatic carbocycles. The fraction of sp³-hybridized carbons (Fsp3) is 0.607. The average molecular weight is 522 g/mol. The number of rotatable bonds is 8. The number of aliphatic hydroxyl groups excluding tert-OH is 1. The van der Waals surface area contributed by atoms with Gasteiger partial charge in [-0.2, -0.15) is 13.2 Å². The number of benzene rings is 1. The summed E-state index contributed by atoms with van der Waals surface area (Å²) in [4.78, 5) is 8.39. The molecule has 0 bridgehead atoms. The predicted molar refractivity (Wildman–Crippen MR) is 133 cm³/mol. The summed E-state index contributed by atoms with van der Waals surface area (Å²) in [5.74, 6) is 0.504. The van der Waals surface area contributed by atoms with Crippen molar-refractivity contribution in [3.8, 4) is 17.0 Å². The molecular weight excluding hydrogens is 486 g/mol. The lowest BCUT2D eigenvalue weighted by Gasteiger charge is -2.47. The Balaban J connectivity index is 1.08. The molecule has 5 rings (SSSR count). The molecule has 1 aromatic carbocycles. The second-order valence-electron chi connectivity index (χ2n) is 11.0. The second kappa shape index (κ2) is 10.9. The Morgan fingerprint density at radius 1 is 1.00 bits per heavy atom. The van der Waals surface area contributed by atoms with E-state index in [1.165, 1.54) is 6.07 Å². The van der Waals surface area contributed by atoms with E-state index in [1.54, 1.807) is 18.3 Å². The maximum Gasteiger partial charge on any atom is 0.395 e. The highest BCUT2D eigenvalue weighted by Gasteiger charge is 2.58. The highest BCUT2D eigenvalue weighted by Crippen LogP contribution is 2.53. The van der Waals surface area contributed by atoms with Crippen molar-refractivity contribution in [2.24, 2.45) is 11.3 Å². The Bertz CT molecular complexity index is 1050. The van der Waals surface area contributed by atoms with Gasteiger partial charge in [0.2, 0.25) is 5.88 Å². The van der Waals surface area contributed by atoms with Gasteiger partial charge in [-0.25, -0.2) is 9.37 Å². The number of ether oxygens (including phenoxy) is 1. The molecule has 3 heterocycles. The normalized spacial score (nSPS) is 23.2. The van der Waals surface area contributed by atoms with Crippen molar-refractivity contribution in [3.63, 3.8) is 0 Å². The van der Waals surface area contributed by atoms with E-state index in [0.29, 0.717) is 56.6 Å². The highest BCUT2D eigenvalue weighted by atomic mass is 19.4. The molecule has 37 heavy (non-hydrogen) atoms. The number of likely N-dealkylation sites (tertiary alicyclic amines) is 2. The van der Waals surface area contributed by atoms with E-state index >= 15 is 0 Å². The molecule has 0 amide bonds. The lowest BCUT2D eigenvalue weighted by molar-refractivity contribution is -0.256. The van der Waals surface area contributed by atoms with Crippen molar-refractivity contribution in [2.75, 3.05) is 39.3 Å². The Hall–Kier alpha value is -2.23. The fourth-order valence-corrected chi connectivity index (χ4v) is 5.77. The van der Waals surface area contributed by atoms with Crippen molar-refractivity contribution in [2.45, 2.75) is 57.3 Å². The van der Waals surface area contributed by atoms with Crippen LogP contribution in [0.1, 0.15) is 44.1 Å². The van der Waals surface area contributed by atoms with Crippen LogP contribution in [0.2, 0.25) is 0 Å². The minimum atomic E-state index is -4.12. The molecule has 0 radical (unpaired) electrons. The number of hydrogen-bond donors (Lipinski definition) is 1. The molecule has 2 saturated heterocycles. The first-order valence-electron chi connectivity index (χ1n) is 13.3. The van der Waals surface area contributed by atoms with Crippen LogP contribution in [0.15, 0.2) is 36.5 Å². The number of alkyl halides is 3. The van der Waals surface area contributed by atoms with E-state index in [2.05, 4.69) is 4.98 Å². The number of aromatic nitrogens is 1. The molecule has 9 heteroatoms. The quantitative estimate of drug-likeness (QED) is 0.479. The average Bonchev–Trinajstić information content (AvgIpc) is 3.26. The van der Waals surface area contributed by atoms with Gasteiger partial charge in [0.25, 0.3) is 0 Å². The van der Waals surface area contributed by atoms with Gasteiger partial charge < -0.3 is 14.7 Å². The van der Waals surface area contributed by atoms with Crippen LogP contribution in [-0.2, 0) is 6.54 Å². The van der Waals surface area contributed by atoms with Gasteiger partial charge in [-0.1, -0.05) is 18.6 Å². The predicted octanol–water partition coefficient (Wildman–Crippen LogP) is 5.28. The Kier molecular flexibility index (Phi) is 7.75. The van der Waals surface area contributed by atoms with Crippen LogP contribution in [0.5, 0.6) is 5.88 Å². The molecular formula is C28H35F4N3O2. The van der Waals surface area contributed by atoms with Crippen LogP contribution < -0.4 is 4.74 Å². The maximum atomic E-state index is 14.7.